The Labute approximate surface area is 140 Å². The molecule has 0 atom stereocenters. The molecule has 4 nitrogen and oxygen atoms in total. The van der Waals surface area contributed by atoms with E-state index in [1.165, 1.54) is 18.7 Å². The van der Waals surface area contributed by atoms with Gasteiger partial charge in [0.2, 0.25) is 5.91 Å². The molecule has 0 aliphatic rings. The van der Waals surface area contributed by atoms with Gasteiger partial charge in [-0.25, -0.2) is 4.79 Å². The van der Waals surface area contributed by atoms with E-state index in [4.69, 9.17) is 11.6 Å². The number of methoxy groups -OCH3 is 1. The van der Waals surface area contributed by atoms with E-state index >= 15 is 0 Å². The van der Waals surface area contributed by atoms with Gasteiger partial charge in [-0.05, 0) is 35.7 Å². The second-order valence-corrected chi connectivity index (χ2v) is 5.49. The Bertz CT molecular complexity index is 711. The summed E-state index contributed by atoms with van der Waals surface area (Å²) in [4.78, 5) is 23.7. The molecule has 0 aromatic heterocycles. The Morgan fingerprint density at radius 3 is 2.35 bits per heavy atom. The minimum atomic E-state index is -0.479. The summed E-state index contributed by atoms with van der Waals surface area (Å²) < 4.78 is 4.66. The molecule has 1 N–H and O–H groups in total. The van der Waals surface area contributed by atoms with Crippen molar-refractivity contribution in [2.75, 3.05) is 12.4 Å². The predicted molar refractivity (Wildman–Crippen MR) is 90.9 cm³/mol. The molecule has 0 aliphatic heterocycles. The quantitative estimate of drug-likeness (QED) is 0.846. The maximum Gasteiger partial charge on any atom is 0.337 e. The highest BCUT2D eigenvalue weighted by Crippen LogP contribution is 2.23. The lowest BCUT2D eigenvalue weighted by atomic mass is 10.1. The molecule has 0 spiro atoms. The zero-order valence-corrected chi connectivity index (χ0v) is 13.8. The summed E-state index contributed by atoms with van der Waals surface area (Å²) in [5.74, 6) is -0.675. The van der Waals surface area contributed by atoms with Crippen LogP contribution in [0.5, 0.6) is 0 Å². The standard InChI is InChI=1S/C18H18ClNO3/c1-3-12-4-6-13(7-5-12)10-17(21)20-16-11-14(18(22)23-2)8-9-15(16)19/h4-9,11H,3,10H2,1-2H3,(H,20,21). The van der Waals surface area contributed by atoms with Crippen LogP contribution in [-0.4, -0.2) is 19.0 Å². The summed E-state index contributed by atoms with van der Waals surface area (Å²) >= 11 is 6.06. The average molecular weight is 332 g/mol. The fourth-order valence-corrected chi connectivity index (χ4v) is 2.30. The molecule has 5 heteroatoms. The monoisotopic (exact) mass is 331 g/mol. The van der Waals surface area contributed by atoms with Gasteiger partial charge in [-0.2, -0.15) is 0 Å². The molecule has 0 fully saturated rings. The Balaban J connectivity index is 2.08. The SMILES string of the molecule is CCc1ccc(CC(=O)Nc2cc(C(=O)OC)ccc2Cl)cc1. The molecular formula is C18H18ClNO3. The summed E-state index contributed by atoms with van der Waals surface area (Å²) in [5.41, 5.74) is 2.87. The fraction of sp³-hybridized carbons (Fsp3) is 0.222. The Hall–Kier alpha value is -2.33. The Morgan fingerprint density at radius 2 is 1.74 bits per heavy atom. The maximum absolute atomic E-state index is 12.2. The zero-order chi connectivity index (χ0) is 16.8. The van der Waals surface area contributed by atoms with Gasteiger partial charge < -0.3 is 10.1 Å². The largest absolute Gasteiger partial charge is 0.465 e. The predicted octanol–water partition coefficient (Wildman–Crippen LogP) is 3.87. The summed E-state index contributed by atoms with van der Waals surface area (Å²) in [7, 11) is 1.30. The van der Waals surface area contributed by atoms with Gasteiger partial charge >= 0.3 is 5.97 Å². The van der Waals surface area contributed by atoms with Crippen LogP contribution in [0.15, 0.2) is 42.5 Å². The third-order valence-electron chi connectivity index (χ3n) is 3.46. The van der Waals surface area contributed by atoms with Gasteiger partial charge in [-0.3, -0.25) is 4.79 Å². The third-order valence-corrected chi connectivity index (χ3v) is 3.79. The van der Waals surface area contributed by atoms with Gasteiger partial charge in [-0.15, -0.1) is 0 Å². The van der Waals surface area contributed by atoms with Crippen LogP contribution in [-0.2, 0) is 22.4 Å². The lowest BCUT2D eigenvalue weighted by molar-refractivity contribution is -0.115. The molecule has 0 heterocycles. The van der Waals surface area contributed by atoms with Crippen molar-refractivity contribution < 1.29 is 14.3 Å². The van der Waals surface area contributed by atoms with Crippen LogP contribution in [0.4, 0.5) is 5.69 Å². The van der Waals surface area contributed by atoms with Crippen molar-refractivity contribution in [3.63, 3.8) is 0 Å². The highest BCUT2D eigenvalue weighted by atomic mass is 35.5. The van der Waals surface area contributed by atoms with Crippen LogP contribution in [0, 0.1) is 0 Å². The Kier molecular flexibility index (Phi) is 5.77. The van der Waals surface area contributed by atoms with Crippen molar-refractivity contribution in [3.8, 4) is 0 Å². The van der Waals surface area contributed by atoms with Crippen molar-refractivity contribution >= 4 is 29.2 Å². The number of hydrogen-bond acceptors (Lipinski definition) is 3. The number of ether oxygens (including phenoxy) is 1. The van der Waals surface area contributed by atoms with E-state index in [-0.39, 0.29) is 12.3 Å². The van der Waals surface area contributed by atoms with Crippen LogP contribution in [0.1, 0.15) is 28.4 Å². The number of carbonyl (C=O) groups excluding carboxylic acids is 2. The Morgan fingerprint density at radius 1 is 1.09 bits per heavy atom. The number of hydrogen-bond donors (Lipinski definition) is 1. The van der Waals surface area contributed by atoms with E-state index in [2.05, 4.69) is 17.0 Å². The minimum Gasteiger partial charge on any atom is -0.465 e. The third kappa shape index (κ3) is 4.57. The van der Waals surface area contributed by atoms with Crippen molar-refractivity contribution in [1.29, 1.82) is 0 Å². The van der Waals surface area contributed by atoms with Crippen LogP contribution < -0.4 is 5.32 Å². The van der Waals surface area contributed by atoms with Crippen LogP contribution in [0.3, 0.4) is 0 Å². The number of amides is 1. The van der Waals surface area contributed by atoms with Gasteiger partial charge in [0.05, 0.1) is 29.8 Å². The second-order valence-electron chi connectivity index (χ2n) is 5.08. The minimum absolute atomic E-state index is 0.196. The van der Waals surface area contributed by atoms with Crippen LogP contribution in [0.2, 0.25) is 5.02 Å². The van der Waals surface area contributed by atoms with E-state index in [1.807, 2.05) is 24.3 Å². The maximum atomic E-state index is 12.2. The lowest BCUT2D eigenvalue weighted by Gasteiger charge is -2.09. The van der Waals surface area contributed by atoms with Crippen molar-refractivity contribution in [2.45, 2.75) is 19.8 Å². The summed E-state index contributed by atoms with van der Waals surface area (Å²) in [6.07, 6.45) is 1.20. The molecule has 0 aliphatic carbocycles. The van der Waals surface area contributed by atoms with E-state index < -0.39 is 5.97 Å². The first-order valence-corrected chi connectivity index (χ1v) is 7.66. The number of nitrogens with one attached hydrogen (secondary N) is 1. The van der Waals surface area contributed by atoms with Crippen molar-refractivity contribution in [1.82, 2.24) is 0 Å². The number of aryl methyl sites for hydroxylation is 1. The van der Waals surface area contributed by atoms with Crippen molar-refractivity contribution in [3.05, 3.63) is 64.2 Å². The molecule has 0 bridgehead atoms. The first-order valence-electron chi connectivity index (χ1n) is 7.29. The molecule has 2 aromatic carbocycles. The first kappa shape index (κ1) is 17.0. The van der Waals surface area contributed by atoms with Gasteiger partial charge in [0.15, 0.2) is 0 Å². The van der Waals surface area contributed by atoms with Crippen LogP contribution >= 0.6 is 11.6 Å². The molecule has 0 saturated carbocycles. The molecule has 1 amide bonds. The number of carbonyl (C=O) groups is 2. The van der Waals surface area contributed by atoms with Gasteiger partial charge in [0, 0.05) is 0 Å². The highest BCUT2D eigenvalue weighted by Gasteiger charge is 2.11. The smallest absolute Gasteiger partial charge is 0.337 e. The van der Waals surface area contributed by atoms with Gasteiger partial charge in [-0.1, -0.05) is 42.8 Å². The number of anilines is 1. The molecule has 23 heavy (non-hydrogen) atoms. The van der Waals surface area contributed by atoms with E-state index in [0.29, 0.717) is 16.3 Å². The van der Waals surface area contributed by atoms with E-state index in [0.717, 1.165) is 12.0 Å². The molecule has 2 aromatic rings. The van der Waals surface area contributed by atoms with Gasteiger partial charge in [0.25, 0.3) is 0 Å². The molecule has 2 rings (SSSR count). The van der Waals surface area contributed by atoms with Gasteiger partial charge in [0.1, 0.15) is 0 Å². The second kappa shape index (κ2) is 7.79. The average Bonchev–Trinajstić information content (AvgIpc) is 2.56. The topological polar surface area (TPSA) is 55.4 Å². The molecule has 120 valence electrons. The summed E-state index contributed by atoms with van der Waals surface area (Å²) in [6, 6.07) is 12.5. The molecule has 0 unspecified atom stereocenters. The molecular weight excluding hydrogens is 314 g/mol. The number of rotatable bonds is 5. The van der Waals surface area contributed by atoms with E-state index in [9.17, 15) is 9.59 Å². The summed E-state index contributed by atoms with van der Waals surface area (Å²) in [6.45, 7) is 2.08. The number of esters is 1. The van der Waals surface area contributed by atoms with E-state index in [1.54, 1.807) is 12.1 Å². The molecule has 0 saturated heterocycles. The fourth-order valence-electron chi connectivity index (χ4n) is 2.14. The van der Waals surface area contributed by atoms with Crippen molar-refractivity contribution in [2.24, 2.45) is 0 Å². The zero-order valence-electron chi connectivity index (χ0n) is 13.1. The first-order chi connectivity index (χ1) is 11.0. The van der Waals surface area contributed by atoms with Crippen LogP contribution in [0.25, 0.3) is 0 Å². The normalized spacial score (nSPS) is 10.2. The summed E-state index contributed by atoms with van der Waals surface area (Å²) in [5, 5.41) is 3.10. The number of benzene rings is 2. The number of halogens is 1. The highest BCUT2D eigenvalue weighted by molar-refractivity contribution is 6.33. The lowest BCUT2D eigenvalue weighted by Crippen LogP contribution is -2.15. The molecule has 0 radical (unpaired) electrons.